The van der Waals surface area contributed by atoms with Crippen LogP contribution < -0.4 is 0 Å². The van der Waals surface area contributed by atoms with Crippen LogP contribution in [0.15, 0.2) is 54.6 Å². The summed E-state index contributed by atoms with van der Waals surface area (Å²) < 4.78 is 16.9. The average molecular weight is 598 g/mol. The Balaban J connectivity index is 1.67. The van der Waals surface area contributed by atoms with E-state index in [2.05, 4.69) is 13.8 Å². The summed E-state index contributed by atoms with van der Waals surface area (Å²) in [5.41, 5.74) is 0.145. The first-order valence-electron chi connectivity index (χ1n) is 15.2. The molecule has 9 heteroatoms. The van der Waals surface area contributed by atoms with Crippen LogP contribution in [0.25, 0.3) is 0 Å². The predicted octanol–water partition coefficient (Wildman–Crippen LogP) is 7.61. The number of carboxylic acids is 1. The monoisotopic (exact) mass is 597 g/mol. The Hall–Kier alpha value is -3.43. The number of carbonyl (C=O) groups excluding carboxylic acids is 2. The van der Waals surface area contributed by atoms with Gasteiger partial charge in [0.05, 0.1) is 17.7 Å². The number of nitrogens with zero attached hydrogens (tertiary/aromatic N) is 1. The van der Waals surface area contributed by atoms with Gasteiger partial charge in [0, 0.05) is 23.9 Å². The number of esters is 1. The van der Waals surface area contributed by atoms with Crippen LogP contribution in [0.5, 0.6) is 0 Å². The van der Waals surface area contributed by atoms with Gasteiger partial charge in [-0.2, -0.15) is 5.06 Å². The molecule has 2 aromatic carbocycles. The number of carboxylic acid groups (broad SMARTS) is 1. The summed E-state index contributed by atoms with van der Waals surface area (Å²) >= 11 is 0. The maximum Gasteiger partial charge on any atom is 0.508 e. The molecule has 9 nitrogen and oxygen atoms in total. The highest BCUT2D eigenvalue weighted by Gasteiger charge is 2.49. The van der Waals surface area contributed by atoms with Gasteiger partial charge in [0.15, 0.2) is 0 Å². The summed E-state index contributed by atoms with van der Waals surface area (Å²) in [6.07, 6.45) is 3.47. The highest BCUT2D eigenvalue weighted by Crippen LogP contribution is 2.42. The summed E-state index contributed by atoms with van der Waals surface area (Å²) in [6.45, 7) is 12.6. The Morgan fingerprint density at radius 2 is 1.47 bits per heavy atom. The quantitative estimate of drug-likeness (QED) is 0.220. The molecule has 2 atom stereocenters. The van der Waals surface area contributed by atoms with E-state index in [9.17, 15) is 14.4 Å². The minimum Gasteiger partial charge on any atom is -0.478 e. The zero-order chi connectivity index (χ0) is 31.6. The van der Waals surface area contributed by atoms with Gasteiger partial charge in [-0.25, -0.2) is 14.4 Å². The van der Waals surface area contributed by atoms with Crippen molar-refractivity contribution in [3.8, 4) is 0 Å². The normalized spacial score (nSPS) is 17.9. The maximum absolute atomic E-state index is 12.9. The van der Waals surface area contributed by atoms with E-state index in [1.807, 2.05) is 63.1 Å². The Kier molecular flexibility index (Phi) is 12.2. The minimum atomic E-state index is -1.06. The van der Waals surface area contributed by atoms with E-state index in [0.29, 0.717) is 30.9 Å². The Morgan fingerprint density at radius 1 is 0.884 bits per heavy atom. The Bertz CT molecular complexity index is 1180. The number of carbonyl (C=O) groups is 3. The molecule has 0 radical (unpaired) electrons. The third kappa shape index (κ3) is 9.79. The van der Waals surface area contributed by atoms with E-state index in [-0.39, 0.29) is 12.2 Å². The molecule has 0 aliphatic carbocycles. The smallest absolute Gasteiger partial charge is 0.478 e. The van der Waals surface area contributed by atoms with Crippen LogP contribution in [-0.2, 0) is 19.0 Å². The third-order valence-corrected chi connectivity index (χ3v) is 7.93. The van der Waals surface area contributed by atoms with Crippen LogP contribution in [0.2, 0.25) is 0 Å². The molecule has 0 spiro atoms. The molecule has 43 heavy (non-hydrogen) atoms. The molecule has 236 valence electrons. The minimum absolute atomic E-state index is 0.0258. The summed E-state index contributed by atoms with van der Waals surface area (Å²) in [5.74, 6) is -1.24. The number of hydrogen-bond donors (Lipinski definition) is 1. The van der Waals surface area contributed by atoms with Crippen LogP contribution in [0, 0.1) is 5.92 Å². The van der Waals surface area contributed by atoms with Gasteiger partial charge in [0.2, 0.25) is 0 Å². The van der Waals surface area contributed by atoms with Crippen molar-refractivity contribution in [3.05, 3.63) is 71.3 Å². The van der Waals surface area contributed by atoms with E-state index >= 15 is 0 Å². The largest absolute Gasteiger partial charge is 0.508 e. The van der Waals surface area contributed by atoms with Gasteiger partial charge >= 0.3 is 18.1 Å². The van der Waals surface area contributed by atoms with Gasteiger partial charge < -0.3 is 19.3 Å². The highest BCUT2D eigenvalue weighted by atomic mass is 16.7. The van der Waals surface area contributed by atoms with Crippen LogP contribution in [0.1, 0.15) is 112 Å². The molecule has 1 saturated heterocycles. The zero-order valence-electron chi connectivity index (χ0n) is 26.3. The lowest BCUT2D eigenvalue weighted by atomic mass is 9.80. The van der Waals surface area contributed by atoms with Crippen molar-refractivity contribution in [3.63, 3.8) is 0 Å². The van der Waals surface area contributed by atoms with Crippen molar-refractivity contribution >= 4 is 18.1 Å². The number of hydroxylamine groups is 2. The van der Waals surface area contributed by atoms with Gasteiger partial charge in [-0.15, -0.1) is 0 Å². The average Bonchev–Trinajstić information content (AvgIpc) is 2.96. The standard InChI is InChI=1S/C34H47NO8/c1-7-9-13-24(8-2)22-40-32(39)41-23-29(25-14-11-10-12-15-25)43-35-33(3,4)20-28(21-34(35,5)6)42-31(38)27-18-16-26(17-19-27)30(36)37/h10-12,14-19,24,28-29H,7-9,13,20-23H2,1-6H3,(H,36,37). The van der Waals surface area contributed by atoms with E-state index in [4.69, 9.17) is 24.2 Å². The molecule has 2 unspecified atom stereocenters. The first-order valence-corrected chi connectivity index (χ1v) is 15.2. The lowest BCUT2D eigenvalue weighted by Gasteiger charge is -2.54. The van der Waals surface area contributed by atoms with Crippen LogP contribution in [-0.4, -0.2) is 58.7 Å². The second-order valence-corrected chi connectivity index (χ2v) is 12.5. The van der Waals surface area contributed by atoms with E-state index in [1.54, 1.807) is 0 Å². The van der Waals surface area contributed by atoms with Gasteiger partial charge in [0.25, 0.3) is 0 Å². The molecule has 2 aromatic rings. The molecule has 0 saturated carbocycles. The second kappa shape index (κ2) is 15.3. The fraction of sp³-hybridized carbons (Fsp3) is 0.559. The van der Waals surface area contributed by atoms with Crippen molar-refractivity contribution < 1.29 is 38.5 Å². The summed E-state index contributed by atoms with van der Waals surface area (Å²) in [6, 6.07) is 15.3. The number of piperidine rings is 1. The molecule has 1 aliphatic heterocycles. The van der Waals surface area contributed by atoms with Crippen LogP contribution in [0.3, 0.4) is 0 Å². The lowest BCUT2D eigenvalue weighted by Crippen LogP contribution is -2.62. The fourth-order valence-electron chi connectivity index (χ4n) is 5.76. The molecule has 1 heterocycles. The maximum atomic E-state index is 12.9. The molecule has 0 aromatic heterocycles. The molecule has 1 aliphatic rings. The topological polar surface area (TPSA) is 112 Å². The van der Waals surface area contributed by atoms with Crippen molar-refractivity contribution in [2.75, 3.05) is 13.2 Å². The van der Waals surface area contributed by atoms with E-state index in [1.165, 1.54) is 24.3 Å². The predicted molar refractivity (Wildman–Crippen MR) is 163 cm³/mol. The molecular weight excluding hydrogens is 550 g/mol. The highest BCUT2D eigenvalue weighted by molar-refractivity contribution is 5.92. The number of hydrogen-bond acceptors (Lipinski definition) is 8. The van der Waals surface area contributed by atoms with Crippen molar-refractivity contribution in [2.45, 2.75) is 103 Å². The van der Waals surface area contributed by atoms with Crippen LogP contribution >= 0.6 is 0 Å². The Labute approximate surface area is 255 Å². The van der Waals surface area contributed by atoms with Gasteiger partial charge in [-0.05, 0) is 69.9 Å². The van der Waals surface area contributed by atoms with Crippen molar-refractivity contribution in [1.82, 2.24) is 5.06 Å². The lowest BCUT2D eigenvalue weighted by molar-refractivity contribution is -0.320. The SMILES string of the molecule is CCCCC(CC)COC(=O)OCC(ON1C(C)(C)CC(OC(=O)c2ccc(C(=O)O)cc2)CC1(C)C)c1ccccc1. The third-order valence-electron chi connectivity index (χ3n) is 7.93. The van der Waals surface area contributed by atoms with Crippen molar-refractivity contribution in [2.24, 2.45) is 5.92 Å². The Morgan fingerprint density at radius 3 is 2.02 bits per heavy atom. The van der Waals surface area contributed by atoms with E-state index in [0.717, 1.165) is 31.2 Å². The molecule has 0 amide bonds. The number of aromatic carboxylic acids is 1. The van der Waals surface area contributed by atoms with Crippen LogP contribution in [0.4, 0.5) is 4.79 Å². The zero-order valence-corrected chi connectivity index (χ0v) is 26.3. The molecule has 3 rings (SSSR count). The first-order chi connectivity index (χ1) is 20.4. The fourth-order valence-corrected chi connectivity index (χ4v) is 5.76. The number of unbranched alkanes of at least 4 members (excludes halogenated alkanes) is 1. The van der Waals surface area contributed by atoms with Gasteiger partial charge in [0.1, 0.15) is 18.8 Å². The molecule has 1 fully saturated rings. The van der Waals surface area contributed by atoms with E-state index < -0.39 is 41.4 Å². The van der Waals surface area contributed by atoms with Gasteiger partial charge in [-0.3, -0.25) is 4.84 Å². The molecule has 0 bridgehead atoms. The summed E-state index contributed by atoms with van der Waals surface area (Å²) in [7, 11) is 0. The molecule has 1 N–H and O–H groups in total. The first kappa shape index (κ1) is 34.1. The number of benzene rings is 2. The van der Waals surface area contributed by atoms with Crippen molar-refractivity contribution in [1.29, 1.82) is 0 Å². The number of ether oxygens (including phenoxy) is 3. The second-order valence-electron chi connectivity index (χ2n) is 12.5. The molecular formula is C34H47NO8. The number of rotatable bonds is 14. The van der Waals surface area contributed by atoms with Gasteiger partial charge in [-0.1, -0.05) is 63.4 Å². The summed E-state index contributed by atoms with van der Waals surface area (Å²) in [5, 5.41) is 11.1. The summed E-state index contributed by atoms with van der Waals surface area (Å²) in [4.78, 5) is 43.2.